The first-order valence-electron chi connectivity index (χ1n) is 2.75. The van der Waals surface area contributed by atoms with E-state index in [0.717, 1.165) is 26.2 Å². The lowest BCUT2D eigenvalue weighted by molar-refractivity contribution is 0.127. The molecule has 0 aromatic heterocycles. The van der Waals surface area contributed by atoms with Crippen LogP contribution in [0.15, 0.2) is 0 Å². The zero-order valence-corrected chi connectivity index (χ0v) is 4.80. The topological polar surface area (TPSA) is 56.3 Å². The van der Waals surface area contributed by atoms with Crippen molar-refractivity contribution >= 4 is 0 Å². The fourth-order valence-electron chi connectivity index (χ4n) is 0.722. The Balaban J connectivity index is 2.19. The van der Waals surface area contributed by atoms with E-state index in [9.17, 15) is 0 Å². The predicted octanol–water partition coefficient (Wildman–Crippen LogP) is -1.32. The molecular formula is C4H11N4. The summed E-state index contributed by atoms with van der Waals surface area (Å²) in [6.07, 6.45) is 0. The average molecular weight is 115 g/mol. The van der Waals surface area contributed by atoms with Crippen LogP contribution in [0.1, 0.15) is 0 Å². The van der Waals surface area contributed by atoms with Crippen LogP contribution in [0.2, 0.25) is 0 Å². The van der Waals surface area contributed by atoms with Crippen molar-refractivity contribution in [2.24, 2.45) is 5.84 Å². The van der Waals surface area contributed by atoms with Crippen molar-refractivity contribution in [1.82, 2.24) is 15.9 Å². The fourth-order valence-corrected chi connectivity index (χ4v) is 0.722. The van der Waals surface area contributed by atoms with E-state index in [1.807, 2.05) is 0 Å². The molecule has 1 fully saturated rings. The second-order valence-electron chi connectivity index (χ2n) is 2.02. The Bertz CT molecular complexity index is 56.4. The normalized spacial score (nSPS) is 26.2. The Morgan fingerprint density at radius 2 is 1.62 bits per heavy atom. The number of piperazine rings is 1. The quantitative estimate of drug-likeness (QED) is 0.398. The van der Waals surface area contributed by atoms with Crippen molar-refractivity contribution in [3.63, 3.8) is 0 Å². The molecule has 1 saturated heterocycles. The summed E-state index contributed by atoms with van der Waals surface area (Å²) in [5.41, 5.74) is 0. The zero-order valence-electron chi connectivity index (χ0n) is 4.80. The molecule has 0 saturated carbocycles. The molecule has 47 valence electrons. The van der Waals surface area contributed by atoms with Gasteiger partial charge in [0, 0.05) is 26.2 Å². The van der Waals surface area contributed by atoms with Gasteiger partial charge in [0.1, 0.15) is 0 Å². The van der Waals surface area contributed by atoms with Crippen molar-refractivity contribution in [3.8, 4) is 0 Å². The third-order valence-electron chi connectivity index (χ3n) is 1.31. The maximum absolute atomic E-state index is 7.11. The Hall–Kier alpha value is -0.160. The molecule has 0 amide bonds. The molecule has 0 aliphatic carbocycles. The lowest BCUT2D eigenvalue weighted by Crippen LogP contribution is -2.48. The first-order valence-corrected chi connectivity index (χ1v) is 2.75. The van der Waals surface area contributed by atoms with Crippen LogP contribution in [0.5, 0.6) is 0 Å². The van der Waals surface area contributed by atoms with Crippen molar-refractivity contribution in [2.45, 2.75) is 0 Å². The van der Waals surface area contributed by atoms with Crippen LogP contribution in [0.25, 0.3) is 0 Å². The molecule has 1 radical (unpaired) electrons. The van der Waals surface area contributed by atoms with E-state index >= 15 is 0 Å². The Morgan fingerprint density at radius 3 is 2.00 bits per heavy atom. The monoisotopic (exact) mass is 115 g/mol. The van der Waals surface area contributed by atoms with Gasteiger partial charge in [-0.05, 0) is 0 Å². The third-order valence-corrected chi connectivity index (χ3v) is 1.31. The lowest BCUT2D eigenvalue weighted by atomic mass is 10.4. The smallest absolute Gasteiger partial charge is 0.0287 e. The second-order valence-corrected chi connectivity index (χ2v) is 2.02. The third kappa shape index (κ3) is 1.41. The van der Waals surface area contributed by atoms with Gasteiger partial charge in [-0.25, -0.2) is 10.0 Å². The molecule has 0 bridgehead atoms. The number of rotatable bonds is 0. The summed E-state index contributed by atoms with van der Waals surface area (Å²) in [6.45, 7) is 3.19. The van der Waals surface area contributed by atoms with Gasteiger partial charge in [0.05, 0.1) is 0 Å². The molecule has 1 rings (SSSR count). The van der Waals surface area contributed by atoms with Crippen LogP contribution in [-0.4, -0.2) is 36.2 Å². The first kappa shape index (κ1) is 5.97. The maximum atomic E-state index is 7.11. The van der Waals surface area contributed by atoms with E-state index < -0.39 is 0 Å². The summed E-state index contributed by atoms with van der Waals surface area (Å²) in [5, 5.41) is 3.27. The van der Waals surface area contributed by atoms with Gasteiger partial charge in [-0.1, -0.05) is 0 Å². The molecule has 0 atom stereocenters. The molecule has 4 heteroatoms. The highest BCUT2D eigenvalue weighted by Crippen LogP contribution is 1.90. The van der Waals surface area contributed by atoms with Crippen LogP contribution in [0.4, 0.5) is 0 Å². The van der Waals surface area contributed by atoms with E-state index in [4.69, 9.17) is 11.7 Å². The summed E-state index contributed by atoms with van der Waals surface area (Å²) in [4.78, 5) is 0. The molecule has 1 aliphatic rings. The van der Waals surface area contributed by atoms with Crippen molar-refractivity contribution in [3.05, 3.63) is 0 Å². The van der Waals surface area contributed by atoms with E-state index in [1.165, 1.54) is 5.01 Å². The van der Waals surface area contributed by atoms with Crippen molar-refractivity contribution in [2.75, 3.05) is 26.2 Å². The molecule has 8 heavy (non-hydrogen) atoms. The van der Waals surface area contributed by atoms with Gasteiger partial charge < -0.3 is 0 Å². The number of hydrazine groups is 1. The standard InChI is InChI=1S/C4H11N4/c5-7-1-2-8(6)4-3-7/h5H,1-4,6H2. The van der Waals surface area contributed by atoms with Crippen molar-refractivity contribution in [1.29, 1.82) is 0 Å². The minimum atomic E-state index is 0.774. The summed E-state index contributed by atoms with van der Waals surface area (Å²) in [5.74, 6) is 12.5. The Kier molecular flexibility index (Phi) is 1.80. The lowest BCUT2D eigenvalue weighted by Gasteiger charge is -2.27. The highest BCUT2D eigenvalue weighted by Gasteiger charge is 2.09. The summed E-state index contributed by atoms with van der Waals surface area (Å²) in [7, 11) is 0. The van der Waals surface area contributed by atoms with Gasteiger partial charge in [-0.15, -0.1) is 0 Å². The molecule has 3 N–H and O–H groups in total. The zero-order chi connectivity index (χ0) is 5.98. The van der Waals surface area contributed by atoms with Crippen LogP contribution in [-0.2, 0) is 0 Å². The predicted molar refractivity (Wildman–Crippen MR) is 30.4 cm³/mol. The van der Waals surface area contributed by atoms with Gasteiger partial charge in [0.2, 0.25) is 0 Å². The number of nitrogens with zero attached hydrogens (tertiary/aromatic N) is 2. The number of nitrogens with one attached hydrogen (secondary N) is 1. The summed E-state index contributed by atoms with van der Waals surface area (Å²) < 4.78 is 0. The first-order chi connectivity index (χ1) is 3.79. The molecule has 1 aliphatic heterocycles. The van der Waals surface area contributed by atoms with E-state index in [2.05, 4.69) is 0 Å². The highest BCUT2D eigenvalue weighted by molar-refractivity contribution is 4.61. The van der Waals surface area contributed by atoms with Crippen LogP contribution < -0.4 is 11.7 Å². The second kappa shape index (κ2) is 2.41. The van der Waals surface area contributed by atoms with Crippen LogP contribution in [0, 0.1) is 0 Å². The molecule has 4 nitrogen and oxygen atoms in total. The molecular weight excluding hydrogens is 104 g/mol. The number of hydrogen-bond acceptors (Lipinski definition) is 3. The molecule has 1 heterocycles. The molecule has 0 spiro atoms. The largest absolute Gasteiger partial charge is 0.269 e. The highest BCUT2D eigenvalue weighted by atomic mass is 15.5. The molecule has 0 aromatic rings. The Morgan fingerprint density at radius 1 is 1.12 bits per heavy atom. The minimum absolute atomic E-state index is 0.774. The number of hydrogen-bond donors (Lipinski definition) is 1. The Labute approximate surface area is 49.0 Å². The van der Waals surface area contributed by atoms with Gasteiger partial charge in [-0.2, -0.15) is 5.84 Å². The van der Waals surface area contributed by atoms with Crippen LogP contribution >= 0.6 is 0 Å². The summed E-state index contributed by atoms with van der Waals surface area (Å²) >= 11 is 0. The van der Waals surface area contributed by atoms with E-state index in [1.54, 1.807) is 5.01 Å². The summed E-state index contributed by atoms with van der Waals surface area (Å²) in [6, 6.07) is 0. The minimum Gasteiger partial charge on any atom is -0.269 e. The van der Waals surface area contributed by atoms with Gasteiger partial charge in [-0.3, -0.25) is 5.84 Å². The van der Waals surface area contributed by atoms with E-state index in [-0.39, 0.29) is 0 Å². The molecule has 0 unspecified atom stereocenters. The van der Waals surface area contributed by atoms with E-state index in [0.29, 0.717) is 0 Å². The average Bonchev–Trinajstić information content (AvgIpc) is 1.77. The van der Waals surface area contributed by atoms with Gasteiger partial charge in [0.15, 0.2) is 0 Å². The number of nitrogens with two attached hydrogens (primary N) is 1. The van der Waals surface area contributed by atoms with Crippen molar-refractivity contribution < 1.29 is 0 Å². The molecule has 0 aromatic carbocycles. The van der Waals surface area contributed by atoms with Gasteiger partial charge >= 0.3 is 0 Å². The SMILES string of the molecule is [NH]N1CCN(N)CC1. The van der Waals surface area contributed by atoms with Gasteiger partial charge in [0.25, 0.3) is 0 Å². The van der Waals surface area contributed by atoms with Crippen LogP contribution in [0.3, 0.4) is 0 Å². The maximum Gasteiger partial charge on any atom is 0.0287 e. The fraction of sp³-hybridized carbons (Fsp3) is 1.00.